The van der Waals surface area contributed by atoms with Crippen LogP contribution in [0.1, 0.15) is 12.8 Å². The molecule has 1 fully saturated rings. The highest BCUT2D eigenvalue weighted by Gasteiger charge is 2.51. The summed E-state index contributed by atoms with van der Waals surface area (Å²) in [6.45, 7) is 0.712. The van der Waals surface area contributed by atoms with Gasteiger partial charge in [-0.3, -0.25) is 9.78 Å². The topological polar surface area (TPSA) is 42.4 Å². The third-order valence-corrected chi connectivity index (χ3v) is 3.12. The minimum absolute atomic E-state index is 0.0894. The maximum atomic E-state index is 11.6. The second kappa shape index (κ2) is 4.12. The molecule has 0 unspecified atom stereocenters. The number of methoxy groups -OCH3 is 1. The molecule has 0 amide bonds. The molecule has 86 valence electrons. The van der Waals surface area contributed by atoms with Crippen LogP contribution in [0.2, 0.25) is 0 Å². The van der Waals surface area contributed by atoms with Crippen LogP contribution in [0.15, 0.2) is 24.5 Å². The van der Waals surface area contributed by atoms with Crippen molar-refractivity contribution in [1.82, 2.24) is 4.98 Å². The molecule has 1 heterocycles. The van der Waals surface area contributed by atoms with Gasteiger partial charge in [0.05, 0.1) is 12.5 Å². The van der Waals surface area contributed by atoms with Gasteiger partial charge in [0, 0.05) is 31.7 Å². The number of aromatic nitrogens is 1. The van der Waals surface area contributed by atoms with E-state index in [1.807, 2.05) is 19.2 Å². The van der Waals surface area contributed by atoms with Gasteiger partial charge >= 0.3 is 5.97 Å². The third-order valence-electron chi connectivity index (χ3n) is 3.12. The van der Waals surface area contributed by atoms with Gasteiger partial charge in [0.25, 0.3) is 0 Å². The zero-order chi connectivity index (χ0) is 11.6. The molecule has 2 rings (SSSR count). The average Bonchev–Trinajstić information content (AvgIpc) is 3.10. The Hall–Kier alpha value is -1.58. The summed E-state index contributed by atoms with van der Waals surface area (Å²) in [4.78, 5) is 17.6. The molecule has 0 aromatic carbocycles. The summed E-state index contributed by atoms with van der Waals surface area (Å²) in [5.41, 5.74) is 0.803. The molecule has 4 nitrogen and oxygen atoms in total. The molecular formula is C12H16N2O2. The molecule has 0 spiro atoms. The van der Waals surface area contributed by atoms with Gasteiger partial charge in [-0.2, -0.15) is 0 Å². The Morgan fingerprint density at radius 3 is 2.62 bits per heavy atom. The highest BCUT2D eigenvalue weighted by Crippen LogP contribution is 2.47. The van der Waals surface area contributed by atoms with Crippen LogP contribution in [-0.2, 0) is 9.53 Å². The maximum Gasteiger partial charge on any atom is 0.313 e. The Labute approximate surface area is 95.2 Å². The summed E-state index contributed by atoms with van der Waals surface area (Å²) in [6, 6.07) is 3.88. The molecule has 0 saturated heterocycles. The fourth-order valence-corrected chi connectivity index (χ4v) is 1.94. The first-order chi connectivity index (χ1) is 7.68. The number of nitrogens with zero attached hydrogens (tertiary/aromatic N) is 2. The number of carbonyl (C=O) groups is 1. The van der Waals surface area contributed by atoms with Gasteiger partial charge in [0.15, 0.2) is 0 Å². The molecule has 16 heavy (non-hydrogen) atoms. The lowest BCUT2D eigenvalue weighted by molar-refractivity contribution is -0.146. The molecule has 0 atom stereocenters. The van der Waals surface area contributed by atoms with Crippen LogP contribution in [-0.4, -0.2) is 31.7 Å². The average molecular weight is 220 g/mol. The third kappa shape index (κ3) is 2.01. The van der Waals surface area contributed by atoms with E-state index in [-0.39, 0.29) is 11.4 Å². The lowest BCUT2D eigenvalue weighted by atomic mass is 10.1. The number of hydrogen-bond donors (Lipinski definition) is 0. The lowest BCUT2D eigenvalue weighted by Gasteiger charge is -2.23. The first-order valence-corrected chi connectivity index (χ1v) is 5.37. The Morgan fingerprint density at radius 1 is 1.50 bits per heavy atom. The summed E-state index contributed by atoms with van der Waals surface area (Å²) in [7, 11) is 3.44. The van der Waals surface area contributed by atoms with Crippen LogP contribution in [0, 0.1) is 5.41 Å². The minimum atomic E-state index is -0.271. The minimum Gasteiger partial charge on any atom is -0.469 e. The van der Waals surface area contributed by atoms with Crippen LogP contribution in [0.25, 0.3) is 0 Å². The molecule has 4 heteroatoms. The number of pyridine rings is 1. The van der Waals surface area contributed by atoms with Gasteiger partial charge in [-0.05, 0) is 25.0 Å². The van der Waals surface area contributed by atoms with Crippen molar-refractivity contribution in [2.24, 2.45) is 5.41 Å². The van der Waals surface area contributed by atoms with E-state index in [9.17, 15) is 4.79 Å². The van der Waals surface area contributed by atoms with E-state index < -0.39 is 0 Å². The molecule has 0 aliphatic heterocycles. The predicted molar refractivity (Wildman–Crippen MR) is 61.2 cm³/mol. The van der Waals surface area contributed by atoms with E-state index >= 15 is 0 Å². The molecule has 1 aliphatic carbocycles. The molecule has 1 aromatic rings. The summed E-state index contributed by atoms with van der Waals surface area (Å²) >= 11 is 0. The van der Waals surface area contributed by atoms with Crippen molar-refractivity contribution in [3.05, 3.63) is 24.5 Å². The normalized spacial score (nSPS) is 16.6. The van der Waals surface area contributed by atoms with Crippen LogP contribution < -0.4 is 4.90 Å². The molecule has 0 N–H and O–H groups in total. The van der Waals surface area contributed by atoms with Crippen molar-refractivity contribution in [3.63, 3.8) is 0 Å². The number of rotatable bonds is 4. The fourth-order valence-electron chi connectivity index (χ4n) is 1.94. The lowest BCUT2D eigenvalue weighted by Crippen LogP contribution is -2.32. The van der Waals surface area contributed by atoms with Crippen LogP contribution in [0.3, 0.4) is 0 Å². The van der Waals surface area contributed by atoms with Gasteiger partial charge in [0.1, 0.15) is 0 Å². The van der Waals surface area contributed by atoms with Gasteiger partial charge < -0.3 is 9.64 Å². The Balaban J connectivity index is 2.03. The highest BCUT2D eigenvalue weighted by molar-refractivity contribution is 5.80. The summed E-state index contributed by atoms with van der Waals surface area (Å²) in [5, 5.41) is 0. The van der Waals surface area contributed by atoms with Crippen molar-refractivity contribution >= 4 is 11.7 Å². The number of esters is 1. The molecular weight excluding hydrogens is 204 g/mol. The van der Waals surface area contributed by atoms with Crippen molar-refractivity contribution in [2.75, 3.05) is 25.6 Å². The quantitative estimate of drug-likeness (QED) is 0.721. The first kappa shape index (κ1) is 10.9. The van der Waals surface area contributed by atoms with E-state index in [0.717, 1.165) is 18.5 Å². The Morgan fingerprint density at radius 2 is 2.12 bits per heavy atom. The number of hydrogen-bond acceptors (Lipinski definition) is 4. The number of ether oxygens (including phenoxy) is 1. The fraction of sp³-hybridized carbons (Fsp3) is 0.500. The van der Waals surface area contributed by atoms with Gasteiger partial charge in [-0.15, -0.1) is 0 Å². The zero-order valence-electron chi connectivity index (χ0n) is 9.64. The number of anilines is 1. The summed E-state index contributed by atoms with van der Waals surface area (Å²) in [6.07, 6.45) is 5.36. The van der Waals surface area contributed by atoms with Crippen LogP contribution in [0.5, 0.6) is 0 Å². The van der Waals surface area contributed by atoms with E-state index in [0.29, 0.717) is 6.54 Å². The second-order valence-electron chi connectivity index (χ2n) is 4.33. The van der Waals surface area contributed by atoms with Crippen molar-refractivity contribution in [2.45, 2.75) is 12.8 Å². The first-order valence-electron chi connectivity index (χ1n) is 5.37. The molecule has 1 aliphatic rings. The zero-order valence-corrected chi connectivity index (χ0v) is 9.64. The standard InChI is InChI=1S/C12H16N2O2/c1-14(10-3-7-13-8-4-10)9-12(5-6-12)11(15)16-2/h3-4,7-8H,5-6,9H2,1-2H3. The maximum absolute atomic E-state index is 11.6. The van der Waals surface area contributed by atoms with Gasteiger partial charge in [-0.25, -0.2) is 0 Å². The molecule has 0 bridgehead atoms. The summed E-state index contributed by atoms with van der Waals surface area (Å²) < 4.78 is 4.84. The number of carbonyl (C=O) groups excluding carboxylic acids is 1. The van der Waals surface area contributed by atoms with Crippen LogP contribution in [0.4, 0.5) is 5.69 Å². The predicted octanol–water partition coefficient (Wildman–Crippen LogP) is 1.47. The van der Waals surface area contributed by atoms with Gasteiger partial charge in [-0.1, -0.05) is 0 Å². The van der Waals surface area contributed by atoms with Crippen molar-refractivity contribution < 1.29 is 9.53 Å². The molecule has 1 saturated carbocycles. The smallest absolute Gasteiger partial charge is 0.313 e. The molecule has 1 aromatic heterocycles. The van der Waals surface area contributed by atoms with Crippen molar-refractivity contribution in [1.29, 1.82) is 0 Å². The largest absolute Gasteiger partial charge is 0.469 e. The second-order valence-corrected chi connectivity index (χ2v) is 4.33. The Bertz CT molecular complexity index is 374. The summed E-state index contributed by atoms with van der Waals surface area (Å²) in [5.74, 6) is -0.0894. The van der Waals surface area contributed by atoms with E-state index in [4.69, 9.17) is 4.74 Å². The van der Waals surface area contributed by atoms with E-state index in [1.54, 1.807) is 12.4 Å². The monoisotopic (exact) mass is 220 g/mol. The highest BCUT2D eigenvalue weighted by atomic mass is 16.5. The van der Waals surface area contributed by atoms with Gasteiger partial charge in [0.2, 0.25) is 0 Å². The molecule has 0 radical (unpaired) electrons. The van der Waals surface area contributed by atoms with Crippen molar-refractivity contribution in [3.8, 4) is 0 Å². The van der Waals surface area contributed by atoms with Crippen LogP contribution >= 0.6 is 0 Å². The Kier molecular flexibility index (Phi) is 2.81. The van der Waals surface area contributed by atoms with E-state index in [2.05, 4.69) is 9.88 Å². The SMILES string of the molecule is COC(=O)C1(CN(C)c2ccncc2)CC1. The van der Waals surface area contributed by atoms with E-state index in [1.165, 1.54) is 7.11 Å².